The maximum Gasteiger partial charge on any atom is 0.0701 e. The van der Waals surface area contributed by atoms with Crippen molar-refractivity contribution in [1.82, 2.24) is 38.2 Å². The Bertz CT molecular complexity index is 3080. The molecule has 0 radical (unpaired) electrons. The van der Waals surface area contributed by atoms with Gasteiger partial charge in [0.1, 0.15) is 0 Å². The van der Waals surface area contributed by atoms with Gasteiger partial charge in [0.25, 0.3) is 0 Å². The fourth-order valence-corrected chi connectivity index (χ4v) is 13.7. The molecule has 24 heteroatoms. The SMILES string of the molecule is COCCOCCOCCn1c(CCc2ccncc2)ccc1C1C([O-])C(c2ccc(CCc3ccncc3)n2CCOCCOCCOC)C1[O-].COCCOCCOCCn1c(CCc2ccncc2)ccc1C1C([O-])C(c2ccc(CCc3ccncc3)n2CCOCCOCCOC)C1[O-]. The van der Waals surface area contributed by atoms with Crippen molar-refractivity contribution in [2.24, 2.45) is 0 Å². The molecular formula is C80H108N8O16-4. The van der Waals surface area contributed by atoms with Gasteiger partial charge in [0.15, 0.2) is 0 Å². The summed E-state index contributed by atoms with van der Waals surface area (Å²) in [6.45, 7) is 12.0. The predicted molar refractivity (Wildman–Crippen MR) is 384 cm³/mol. The molecule has 104 heavy (non-hydrogen) atoms. The van der Waals surface area contributed by atoms with Crippen LogP contribution in [0.1, 0.15) is 91.5 Å². The maximum absolute atomic E-state index is 14.2. The van der Waals surface area contributed by atoms with E-state index in [1.807, 2.05) is 72.8 Å². The third kappa shape index (κ3) is 24.6. The third-order valence-corrected chi connectivity index (χ3v) is 19.3. The molecule has 0 aromatic carbocycles. The zero-order valence-corrected chi connectivity index (χ0v) is 61.2. The van der Waals surface area contributed by atoms with Crippen molar-refractivity contribution in [2.45, 2.75) is 126 Å². The van der Waals surface area contributed by atoms with Gasteiger partial charge in [-0.2, -0.15) is 0 Å². The van der Waals surface area contributed by atoms with E-state index in [2.05, 4.69) is 62.5 Å². The molecule has 0 atom stereocenters. The predicted octanol–water partition coefficient (Wildman–Crippen LogP) is 4.70. The van der Waals surface area contributed by atoms with Crippen molar-refractivity contribution in [2.75, 3.05) is 161 Å². The van der Waals surface area contributed by atoms with Crippen molar-refractivity contribution in [3.05, 3.63) is 214 Å². The van der Waals surface area contributed by atoms with Crippen LogP contribution in [-0.4, -0.2) is 223 Å². The van der Waals surface area contributed by atoms with Gasteiger partial charge < -0.3 is 95.5 Å². The zero-order valence-electron chi connectivity index (χ0n) is 61.2. The van der Waals surface area contributed by atoms with Crippen molar-refractivity contribution in [3.63, 3.8) is 0 Å². The van der Waals surface area contributed by atoms with Gasteiger partial charge in [-0.05, 0) is 194 Å². The van der Waals surface area contributed by atoms with Gasteiger partial charge in [-0.1, -0.05) is 0 Å². The number of pyridine rings is 4. The molecule has 8 aromatic rings. The van der Waals surface area contributed by atoms with E-state index in [0.29, 0.717) is 158 Å². The summed E-state index contributed by atoms with van der Waals surface area (Å²) in [7, 11) is 6.57. The van der Waals surface area contributed by atoms with E-state index in [-0.39, 0.29) is 0 Å². The lowest BCUT2D eigenvalue weighted by Crippen LogP contribution is -2.64. The molecule has 10 rings (SSSR count). The summed E-state index contributed by atoms with van der Waals surface area (Å²) in [5.74, 6) is -2.61. The standard InChI is InChI=1S/2C40H54N4O8/c2*1-47-23-25-51-29-27-49-21-19-43-33(5-3-31-11-15-41-16-12-31)7-9-35(43)37-39(45)38(40(37)46)36-10-8-34(6-4-32-13-17-42-18-14-32)44(36)20-22-50-28-30-52-26-24-48-2/h2*7-18,37-40H,3-6,19-30H2,1-2H3/q2*-2. The Labute approximate surface area is 613 Å². The molecule has 0 amide bonds. The molecule has 0 spiro atoms. The summed E-state index contributed by atoms with van der Waals surface area (Å²) in [6, 6.07) is 32.3. The molecule has 2 aliphatic carbocycles. The monoisotopic (exact) mass is 1440 g/mol. The maximum atomic E-state index is 14.2. The van der Waals surface area contributed by atoms with Gasteiger partial charge in [-0.3, -0.25) is 19.9 Å². The lowest BCUT2D eigenvalue weighted by atomic mass is 9.66. The van der Waals surface area contributed by atoms with Crippen LogP contribution >= 0.6 is 0 Å². The van der Waals surface area contributed by atoms with E-state index in [9.17, 15) is 20.4 Å². The first-order chi connectivity index (χ1) is 51.2. The largest absolute Gasteiger partial charge is 0.851 e. The summed E-state index contributed by atoms with van der Waals surface area (Å²) >= 11 is 0. The summed E-state index contributed by atoms with van der Waals surface area (Å²) in [5.41, 5.74) is 12.3. The third-order valence-electron chi connectivity index (χ3n) is 19.3. The molecular weight excluding hydrogens is 1330 g/mol. The normalized spacial score (nSPS) is 18.5. The molecule has 568 valence electrons. The van der Waals surface area contributed by atoms with E-state index in [1.54, 1.807) is 78.0 Å². The van der Waals surface area contributed by atoms with Gasteiger partial charge in [0.2, 0.25) is 0 Å². The molecule has 0 bridgehead atoms. The van der Waals surface area contributed by atoms with Gasteiger partial charge in [-0.25, -0.2) is 0 Å². The van der Waals surface area contributed by atoms with Gasteiger partial charge in [0.05, 0.1) is 132 Å². The minimum Gasteiger partial charge on any atom is -0.851 e. The average molecular weight is 1440 g/mol. The Morgan fingerprint density at radius 2 is 0.423 bits per heavy atom. The van der Waals surface area contributed by atoms with Crippen LogP contribution in [0.15, 0.2) is 147 Å². The number of hydrogen-bond acceptors (Lipinski definition) is 20. The van der Waals surface area contributed by atoms with Crippen molar-refractivity contribution < 1.29 is 77.3 Å². The summed E-state index contributed by atoms with van der Waals surface area (Å²) in [6.07, 6.45) is 16.5. The molecule has 2 fully saturated rings. The lowest BCUT2D eigenvalue weighted by Gasteiger charge is -2.61. The van der Waals surface area contributed by atoms with Crippen LogP contribution in [0.2, 0.25) is 0 Å². The smallest absolute Gasteiger partial charge is 0.0701 e. The highest BCUT2D eigenvalue weighted by Gasteiger charge is 2.43. The van der Waals surface area contributed by atoms with E-state index >= 15 is 0 Å². The first-order valence-corrected chi connectivity index (χ1v) is 36.7. The molecule has 2 saturated carbocycles. The van der Waals surface area contributed by atoms with Crippen molar-refractivity contribution >= 4 is 0 Å². The van der Waals surface area contributed by atoms with Crippen LogP contribution in [-0.2, 0) is 134 Å². The van der Waals surface area contributed by atoms with E-state index in [4.69, 9.17) is 56.8 Å². The molecule has 24 nitrogen and oxygen atoms in total. The van der Waals surface area contributed by atoms with Gasteiger partial charge in [0, 0.05) is 150 Å². The van der Waals surface area contributed by atoms with E-state index in [1.165, 1.54) is 22.3 Å². The second-order valence-electron chi connectivity index (χ2n) is 25.9. The first-order valence-electron chi connectivity index (χ1n) is 36.7. The lowest BCUT2D eigenvalue weighted by molar-refractivity contribution is -0.537. The van der Waals surface area contributed by atoms with Gasteiger partial charge in [-0.15, -0.1) is 24.4 Å². The van der Waals surface area contributed by atoms with Crippen molar-refractivity contribution in [3.8, 4) is 0 Å². The van der Waals surface area contributed by atoms with Gasteiger partial charge >= 0.3 is 0 Å². The molecule has 0 N–H and O–H groups in total. The first kappa shape index (κ1) is 81.2. The highest BCUT2D eigenvalue weighted by Crippen LogP contribution is 2.48. The molecule has 8 aromatic heterocycles. The minimum atomic E-state index is -1.07. The topological polar surface area (TPSA) is 274 Å². The Balaban J connectivity index is 0.000000241. The molecule has 0 unspecified atom stereocenters. The molecule has 0 saturated heterocycles. The average Bonchev–Trinajstić information content (AvgIpc) is 1.40. The fourth-order valence-electron chi connectivity index (χ4n) is 13.7. The van der Waals surface area contributed by atoms with Crippen LogP contribution in [0.5, 0.6) is 0 Å². The van der Waals surface area contributed by atoms with E-state index in [0.717, 1.165) is 96.9 Å². The van der Waals surface area contributed by atoms with Crippen molar-refractivity contribution in [1.29, 1.82) is 0 Å². The van der Waals surface area contributed by atoms with Crippen LogP contribution in [0.25, 0.3) is 0 Å². The number of methoxy groups -OCH3 is 4. The Morgan fingerprint density at radius 3 is 0.615 bits per heavy atom. The highest BCUT2D eigenvalue weighted by atomic mass is 16.6. The Kier molecular flexibility index (Phi) is 36.1. The van der Waals surface area contributed by atoms with Crippen LogP contribution in [0.4, 0.5) is 0 Å². The van der Waals surface area contributed by atoms with Crippen LogP contribution < -0.4 is 20.4 Å². The number of ether oxygens (including phenoxy) is 12. The van der Waals surface area contributed by atoms with Crippen LogP contribution in [0.3, 0.4) is 0 Å². The number of aryl methyl sites for hydroxylation is 8. The van der Waals surface area contributed by atoms with Crippen LogP contribution in [0, 0.1) is 0 Å². The summed E-state index contributed by atoms with van der Waals surface area (Å²) in [5, 5.41) is 56.7. The second-order valence-corrected chi connectivity index (χ2v) is 25.9. The quantitative estimate of drug-likeness (QED) is 0.0467. The molecule has 2 aliphatic rings. The highest BCUT2D eigenvalue weighted by molar-refractivity contribution is 5.37. The fraction of sp³-hybridized carbons (Fsp3) is 0.550. The molecule has 0 aliphatic heterocycles. The zero-order chi connectivity index (χ0) is 72.8. The van der Waals surface area contributed by atoms with E-state index < -0.39 is 48.1 Å². The number of aromatic nitrogens is 8. The Morgan fingerprint density at radius 1 is 0.240 bits per heavy atom. The summed E-state index contributed by atoms with van der Waals surface area (Å²) in [4.78, 5) is 16.5. The molecule has 8 heterocycles. The number of nitrogens with zero attached hydrogens (tertiary/aromatic N) is 8. The minimum absolute atomic E-state index is 0.446. The Hall–Kier alpha value is -6.92. The number of rotatable bonds is 52. The number of hydrogen-bond donors (Lipinski definition) is 0. The second kappa shape index (κ2) is 46.2. The summed E-state index contributed by atoms with van der Waals surface area (Å²) < 4.78 is 74.4.